The summed E-state index contributed by atoms with van der Waals surface area (Å²) in [6, 6.07) is 5.05. The second-order valence-corrected chi connectivity index (χ2v) is 3.38. The van der Waals surface area contributed by atoms with Gasteiger partial charge in [0.1, 0.15) is 12.0 Å². The van der Waals surface area contributed by atoms with E-state index in [0.29, 0.717) is 19.3 Å². The van der Waals surface area contributed by atoms with Crippen molar-refractivity contribution in [2.24, 2.45) is 0 Å². The maximum atomic E-state index is 12.1. The fourth-order valence-electron chi connectivity index (χ4n) is 1.50. The number of hydrogen-bond donors (Lipinski definition) is 0. The van der Waals surface area contributed by atoms with Crippen molar-refractivity contribution < 1.29 is 18.3 Å². The van der Waals surface area contributed by atoms with Gasteiger partial charge in [0.25, 0.3) is 0 Å². The maximum Gasteiger partial charge on any atom is 0.387 e. The fourth-order valence-corrected chi connectivity index (χ4v) is 1.50. The van der Waals surface area contributed by atoms with Gasteiger partial charge in [-0.3, -0.25) is 0 Å². The van der Waals surface area contributed by atoms with Crippen LogP contribution in [0.15, 0.2) is 18.2 Å². The third-order valence-electron chi connectivity index (χ3n) is 2.27. The SMILES string of the molecule is CCc1cc(CCC=O)ccc1OC(F)F. The van der Waals surface area contributed by atoms with E-state index < -0.39 is 6.61 Å². The lowest BCUT2D eigenvalue weighted by atomic mass is 10.0. The molecule has 0 aliphatic carbocycles. The average Bonchev–Trinajstić information content (AvgIpc) is 2.27. The molecule has 2 nitrogen and oxygen atoms in total. The number of carbonyl (C=O) groups excluding carboxylic acids is 1. The largest absolute Gasteiger partial charge is 0.435 e. The molecular weight excluding hydrogens is 214 g/mol. The monoisotopic (exact) mass is 228 g/mol. The molecule has 0 aliphatic rings. The first-order valence-corrected chi connectivity index (χ1v) is 5.17. The highest BCUT2D eigenvalue weighted by Crippen LogP contribution is 2.23. The van der Waals surface area contributed by atoms with Crippen molar-refractivity contribution in [2.45, 2.75) is 32.8 Å². The Balaban J connectivity index is 2.83. The summed E-state index contributed by atoms with van der Waals surface area (Å²) in [6.45, 7) is -0.928. The van der Waals surface area contributed by atoms with E-state index in [1.54, 1.807) is 12.1 Å². The van der Waals surface area contributed by atoms with Gasteiger partial charge in [0.05, 0.1) is 0 Å². The van der Waals surface area contributed by atoms with Crippen molar-refractivity contribution in [2.75, 3.05) is 0 Å². The van der Waals surface area contributed by atoms with Crippen LogP contribution in [0.5, 0.6) is 5.75 Å². The van der Waals surface area contributed by atoms with Crippen LogP contribution >= 0.6 is 0 Å². The topological polar surface area (TPSA) is 26.3 Å². The molecule has 0 aliphatic heterocycles. The van der Waals surface area contributed by atoms with Gasteiger partial charge < -0.3 is 9.53 Å². The smallest absolute Gasteiger partial charge is 0.387 e. The van der Waals surface area contributed by atoms with Crippen LogP contribution in [0, 0.1) is 0 Å². The second-order valence-electron chi connectivity index (χ2n) is 3.38. The summed E-state index contributed by atoms with van der Waals surface area (Å²) in [5, 5.41) is 0. The van der Waals surface area contributed by atoms with E-state index >= 15 is 0 Å². The average molecular weight is 228 g/mol. The molecule has 0 atom stereocenters. The standard InChI is InChI=1S/C12H14F2O2/c1-2-10-8-9(4-3-7-15)5-6-11(10)16-12(13)14/h5-8,12H,2-4H2,1H3. The molecule has 0 aromatic heterocycles. The molecule has 1 aromatic rings. The Hall–Kier alpha value is -1.45. The fraction of sp³-hybridized carbons (Fsp3) is 0.417. The van der Waals surface area contributed by atoms with Crippen molar-refractivity contribution in [1.82, 2.24) is 0 Å². The van der Waals surface area contributed by atoms with Crippen molar-refractivity contribution in [3.05, 3.63) is 29.3 Å². The van der Waals surface area contributed by atoms with Crippen molar-refractivity contribution in [1.29, 1.82) is 0 Å². The van der Waals surface area contributed by atoms with Gasteiger partial charge in [0, 0.05) is 6.42 Å². The molecule has 0 spiro atoms. The van der Waals surface area contributed by atoms with E-state index in [0.717, 1.165) is 17.4 Å². The van der Waals surface area contributed by atoms with Crippen molar-refractivity contribution >= 4 is 6.29 Å². The van der Waals surface area contributed by atoms with Gasteiger partial charge in [-0.2, -0.15) is 8.78 Å². The quantitative estimate of drug-likeness (QED) is 0.700. The van der Waals surface area contributed by atoms with Crippen molar-refractivity contribution in [3.8, 4) is 5.75 Å². The Morgan fingerprint density at radius 3 is 2.75 bits per heavy atom. The van der Waals surface area contributed by atoms with Gasteiger partial charge in [0.2, 0.25) is 0 Å². The first-order chi connectivity index (χ1) is 7.67. The van der Waals surface area contributed by atoms with E-state index in [1.165, 1.54) is 6.07 Å². The summed E-state index contributed by atoms with van der Waals surface area (Å²) in [5.74, 6) is 0.215. The highest BCUT2D eigenvalue weighted by atomic mass is 19.3. The molecule has 0 bridgehead atoms. The summed E-state index contributed by atoms with van der Waals surface area (Å²) < 4.78 is 28.5. The first kappa shape index (κ1) is 12.6. The number of aryl methyl sites for hydroxylation is 2. The van der Waals surface area contributed by atoms with E-state index in [-0.39, 0.29) is 5.75 Å². The number of halogens is 2. The van der Waals surface area contributed by atoms with Crippen LogP contribution in [-0.4, -0.2) is 12.9 Å². The second kappa shape index (κ2) is 6.20. The van der Waals surface area contributed by atoms with Crippen LogP contribution in [0.25, 0.3) is 0 Å². The minimum Gasteiger partial charge on any atom is -0.435 e. The first-order valence-electron chi connectivity index (χ1n) is 5.17. The van der Waals surface area contributed by atoms with E-state index in [4.69, 9.17) is 0 Å². The Labute approximate surface area is 93.2 Å². The Kier molecular flexibility index (Phi) is 4.89. The number of carbonyl (C=O) groups is 1. The number of alkyl halides is 2. The Bertz CT molecular complexity index is 351. The number of hydrogen-bond acceptors (Lipinski definition) is 2. The molecule has 0 saturated carbocycles. The lowest BCUT2D eigenvalue weighted by Crippen LogP contribution is -2.04. The third kappa shape index (κ3) is 3.61. The summed E-state index contributed by atoms with van der Waals surface area (Å²) >= 11 is 0. The Morgan fingerprint density at radius 2 is 2.19 bits per heavy atom. The number of rotatable bonds is 6. The van der Waals surface area contributed by atoms with E-state index in [1.807, 2.05) is 6.92 Å². The zero-order chi connectivity index (χ0) is 12.0. The number of benzene rings is 1. The predicted molar refractivity (Wildman–Crippen MR) is 56.8 cm³/mol. The van der Waals surface area contributed by atoms with Crippen molar-refractivity contribution in [3.63, 3.8) is 0 Å². The molecule has 88 valence electrons. The molecule has 0 saturated heterocycles. The molecule has 1 aromatic carbocycles. The number of aldehydes is 1. The summed E-state index contributed by atoms with van der Waals surface area (Å²) in [7, 11) is 0. The molecule has 0 heterocycles. The van der Waals surface area contributed by atoms with Crippen LogP contribution in [0.3, 0.4) is 0 Å². The molecule has 0 unspecified atom stereocenters. The summed E-state index contributed by atoms with van der Waals surface area (Å²) in [5.41, 5.74) is 1.70. The normalized spacial score (nSPS) is 10.5. The minimum atomic E-state index is -2.80. The van der Waals surface area contributed by atoms with Crippen LogP contribution in [0.4, 0.5) is 8.78 Å². The van der Waals surface area contributed by atoms with Gasteiger partial charge in [-0.25, -0.2) is 0 Å². The van der Waals surface area contributed by atoms with Crippen LogP contribution in [-0.2, 0) is 17.6 Å². The van der Waals surface area contributed by atoms with E-state index in [9.17, 15) is 13.6 Å². The molecule has 1 rings (SSSR count). The van der Waals surface area contributed by atoms with Gasteiger partial charge >= 0.3 is 6.61 Å². The molecule has 16 heavy (non-hydrogen) atoms. The van der Waals surface area contributed by atoms with Crippen LogP contribution in [0.2, 0.25) is 0 Å². The van der Waals surface area contributed by atoms with Gasteiger partial charge in [-0.05, 0) is 30.0 Å². The zero-order valence-electron chi connectivity index (χ0n) is 9.08. The maximum absolute atomic E-state index is 12.1. The lowest BCUT2D eigenvalue weighted by Gasteiger charge is -2.10. The van der Waals surface area contributed by atoms with E-state index in [2.05, 4.69) is 4.74 Å². The zero-order valence-corrected chi connectivity index (χ0v) is 9.08. The molecule has 4 heteroatoms. The summed E-state index contributed by atoms with van der Waals surface area (Å²) in [4.78, 5) is 10.2. The molecule has 0 N–H and O–H groups in total. The van der Waals surface area contributed by atoms with Gasteiger partial charge in [0.15, 0.2) is 0 Å². The molecular formula is C12H14F2O2. The molecule has 0 radical (unpaired) electrons. The van der Waals surface area contributed by atoms with Crippen LogP contribution < -0.4 is 4.74 Å². The summed E-state index contributed by atoms with van der Waals surface area (Å²) in [6.07, 6.45) is 2.54. The Morgan fingerprint density at radius 1 is 1.44 bits per heavy atom. The highest BCUT2D eigenvalue weighted by Gasteiger charge is 2.09. The molecule has 0 fully saturated rings. The lowest BCUT2D eigenvalue weighted by molar-refractivity contribution is -0.107. The third-order valence-corrected chi connectivity index (χ3v) is 2.27. The van der Waals surface area contributed by atoms with Crippen LogP contribution in [0.1, 0.15) is 24.5 Å². The molecule has 0 amide bonds. The highest BCUT2D eigenvalue weighted by molar-refractivity contribution is 5.50. The van der Waals surface area contributed by atoms with Gasteiger partial charge in [-0.1, -0.05) is 19.1 Å². The van der Waals surface area contributed by atoms with Gasteiger partial charge in [-0.15, -0.1) is 0 Å². The number of ether oxygens (including phenoxy) is 1. The predicted octanol–water partition coefficient (Wildman–Crippen LogP) is 2.98. The minimum absolute atomic E-state index is 0.215.